The van der Waals surface area contributed by atoms with Crippen molar-refractivity contribution in [2.24, 2.45) is 0 Å². The van der Waals surface area contributed by atoms with Gasteiger partial charge in [-0.15, -0.1) is 0 Å². The Morgan fingerprint density at radius 2 is 2.11 bits per heavy atom. The molecule has 2 aromatic rings. The number of hydrogen-bond acceptors (Lipinski definition) is 7. The molecule has 0 unspecified atom stereocenters. The summed E-state index contributed by atoms with van der Waals surface area (Å²) in [6.45, 7) is 3.78. The van der Waals surface area contributed by atoms with Gasteiger partial charge in [-0.2, -0.15) is 0 Å². The molecule has 0 aliphatic carbocycles. The third kappa shape index (κ3) is 4.71. The number of aromatic nitrogens is 2. The third-order valence-corrected chi connectivity index (χ3v) is 4.88. The fourth-order valence-electron chi connectivity index (χ4n) is 3.24. The highest BCUT2D eigenvalue weighted by molar-refractivity contribution is 5.89. The van der Waals surface area contributed by atoms with E-state index in [1.54, 1.807) is 12.1 Å². The monoisotopic (exact) mass is 372 g/mol. The lowest BCUT2D eigenvalue weighted by Gasteiger charge is -2.24. The lowest BCUT2D eigenvalue weighted by molar-refractivity contribution is -0.129. The van der Waals surface area contributed by atoms with Gasteiger partial charge in [0, 0.05) is 19.0 Å². The maximum atomic E-state index is 12.2. The second-order valence-electron chi connectivity index (χ2n) is 6.66. The molecular formula is C19H24N4O4. The molecule has 27 heavy (non-hydrogen) atoms. The topological polar surface area (TPSA) is 97.6 Å². The second-order valence-corrected chi connectivity index (χ2v) is 6.66. The van der Waals surface area contributed by atoms with Gasteiger partial charge in [0.15, 0.2) is 0 Å². The Morgan fingerprint density at radius 3 is 2.78 bits per heavy atom. The van der Waals surface area contributed by atoms with E-state index in [1.165, 1.54) is 7.11 Å². The Balaban J connectivity index is 1.46. The minimum Gasteiger partial charge on any atom is -0.465 e. The molecule has 144 valence electrons. The van der Waals surface area contributed by atoms with Gasteiger partial charge in [-0.1, -0.05) is 22.4 Å². The zero-order chi connectivity index (χ0) is 19.2. The minimum absolute atomic E-state index is 0.154. The van der Waals surface area contributed by atoms with Crippen molar-refractivity contribution < 1.29 is 19.0 Å². The van der Waals surface area contributed by atoms with Crippen LogP contribution in [0, 0.1) is 6.92 Å². The number of benzene rings is 1. The molecule has 1 fully saturated rings. The molecule has 1 N–H and O–H groups in total. The van der Waals surface area contributed by atoms with E-state index in [9.17, 15) is 9.59 Å². The van der Waals surface area contributed by atoms with Crippen LogP contribution in [0.3, 0.4) is 0 Å². The largest absolute Gasteiger partial charge is 0.465 e. The number of ether oxygens (including phenoxy) is 1. The van der Waals surface area contributed by atoms with Crippen LogP contribution in [-0.2, 0) is 22.6 Å². The lowest BCUT2D eigenvalue weighted by Crippen LogP contribution is -2.35. The number of aryl methyl sites for hydroxylation is 1. The summed E-state index contributed by atoms with van der Waals surface area (Å²) in [7, 11) is 1.37. The molecule has 3 rings (SSSR count). The Labute approximate surface area is 157 Å². The molecular weight excluding hydrogens is 348 g/mol. The summed E-state index contributed by atoms with van der Waals surface area (Å²) < 4.78 is 9.42. The Bertz CT molecular complexity index is 787. The lowest BCUT2D eigenvalue weighted by atomic mass is 10.1. The van der Waals surface area contributed by atoms with Crippen LogP contribution < -0.4 is 5.32 Å². The summed E-state index contributed by atoms with van der Waals surface area (Å²) >= 11 is 0. The summed E-state index contributed by atoms with van der Waals surface area (Å²) in [4.78, 5) is 25.5. The molecule has 0 spiro atoms. The number of amides is 1. The number of carbonyl (C=O) groups excluding carboxylic acids is 2. The normalized spacial score (nSPS) is 16.7. The molecule has 1 atom stereocenters. The first-order valence-electron chi connectivity index (χ1n) is 9.04. The number of hydrogen-bond donors (Lipinski definition) is 1. The van der Waals surface area contributed by atoms with Gasteiger partial charge in [-0.3, -0.25) is 4.79 Å². The Morgan fingerprint density at radius 1 is 1.33 bits per heavy atom. The van der Waals surface area contributed by atoms with Gasteiger partial charge < -0.3 is 15.0 Å². The number of methoxy groups -OCH3 is 1. The average molecular weight is 372 g/mol. The quantitative estimate of drug-likeness (QED) is 0.558. The van der Waals surface area contributed by atoms with E-state index in [0.717, 1.165) is 30.6 Å². The molecule has 0 radical (unpaired) electrons. The fourth-order valence-corrected chi connectivity index (χ4v) is 3.24. The molecule has 8 nitrogen and oxygen atoms in total. The van der Waals surface area contributed by atoms with Crippen LogP contribution in [0.1, 0.15) is 46.6 Å². The molecule has 1 saturated heterocycles. The number of nitrogens with zero attached hydrogens (tertiary/aromatic N) is 3. The minimum atomic E-state index is -0.335. The number of esters is 1. The van der Waals surface area contributed by atoms with Gasteiger partial charge in [0.2, 0.25) is 5.91 Å². The smallest absolute Gasteiger partial charge is 0.337 e. The summed E-state index contributed by atoms with van der Waals surface area (Å²) in [5.41, 5.74) is 3.07. The molecule has 2 heterocycles. The van der Waals surface area contributed by atoms with Gasteiger partial charge >= 0.3 is 5.97 Å². The molecule has 1 aromatic heterocycles. The standard InChI is InChI=1S/C19H24N4O4/c1-13-17(22-27-21-13)12-23-16(7-8-18(23)24)9-10-20-11-14-3-5-15(6-4-14)19(25)26-2/h3-6,16,20H,7-12H2,1-2H3/t16-/m0/s1. The number of nitrogens with one attached hydrogen (secondary N) is 1. The SMILES string of the molecule is COC(=O)c1ccc(CNCC[C@@H]2CCC(=O)N2Cc2nonc2C)cc1. The number of carbonyl (C=O) groups is 2. The number of rotatable bonds is 8. The predicted molar refractivity (Wildman–Crippen MR) is 96.7 cm³/mol. The third-order valence-electron chi connectivity index (χ3n) is 4.88. The van der Waals surface area contributed by atoms with Crippen LogP contribution in [-0.4, -0.2) is 46.8 Å². The molecule has 1 aromatic carbocycles. The highest BCUT2D eigenvalue weighted by atomic mass is 16.6. The van der Waals surface area contributed by atoms with Crippen LogP contribution in [0.25, 0.3) is 0 Å². The zero-order valence-electron chi connectivity index (χ0n) is 15.6. The van der Waals surface area contributed by atoms with E-state index >= 15 is 0 Å². The molecule has 1 aliphatic heterocycles. The first-order chi connectivity index (χ1) is 13.1. The van der Waals surface area contributed by atoms with Crippen molar-refractivity contribution in [3.8, 4) is 0 Å². The predicted octanol–water partition coefficient (Wildman–Crippen LogP) is 1.84. The van der Waals surface area contributed by atoms with E-state index in [1.807, 2.05) is 24.0 Å². The highest BCUT2D eigenvalue weighted by Gasteiger charge is 2.31. The fraction of sp³-hybridized carbons (Fsp3) is 0.474. The molecule has 1 amide bonds. The summed E-state index contributed by atoms with van der Waals surface area (Å²) in [6, 6.07) is 7.53. The first kappa shape index (κ1) is 19.0. The second kappa shape index (κ2) is 8.77. The van der Waals surface area contributed by atoms with Crippen LogP contribution in [0.2, 0.25) is 0 Å². The van der Waals surface area contributed by atoms with Crippen molar-refractivity contribution in [2.75, 3.05) is 13.7 Å². The summed E-state index contributed by atoms with van der Waals surface area (Å²) in [6.07, 6.45) is 2.30. The van der Waals surface area contributed by atoms with Gasteiger partial charge in [-0.25, -0.2) is 9.42 Å². The van der Waals surface area contributed by atoms with E-state index in [-0.39, 0.29) is 17.9 Å². The Hall–Kier alpha value is -2.74. The molecule has 1 aliphatic rings. The van der Waals surface area contributed by atoms with E-state index in [0.29, 0.717) is 30.8 Å². The van der Waals surface area contributed by atoms with Gasteiger partial charge in [-0.05, 0) is 44.0 Å². The van der Waals surface area contributed by atoms with E-state index in [4.69, 9.17) is 9.37 Å². The van der Waals surface area contributed by atoms with Crippen LogP contribution in [0.15, 0.2) is 28.9 Å². The van der Waals surface area contributed by atoms with Gasteiger partial charge in [0.1, 0.15) is 11.4 Å². The maximum Gasteiger partial charge on any atom is 0.337 e. The van der Waals surface area contributed by atoms with Crippen molar-refractivity contribution in [2.45, 2.75) is 45.3 Å². The van der Waals surface area contributed by atoms with Crippen molar-refractivity contribution in [1.82, 2.24) is 20.5 Å². The Kier molecular flexibility index (Phi) is 6.18. The van der Waals surface area contributed by atoms with Crippen molar-refractivity contribution in [3.63, 3.8) is 0 Å². The van der Waals surface area contributed by atoms with Crippen LogP contribution in [0.4, 0.5) is 0 Å². The first-order valence-corrected chi connectivity index (χ1v) is 9.04. The van der Waals surface area contributed by atoms with E-state index < -0.39 is 0 Å². The maximum absolute atomic E-state index is 12.2. The molecule has 0 bridgehead atoms. The average Bonchev–Trinajstić information content (AvgIpc) is 3.25. The van der Waals surface area contributed by atoms with E-state index in [2.05, 4.69) is 15.6 Å². The van der Waals surface area contributed by atoms with Gasteiger partial charge in [0.25, 0.3) is 0 Å². The van der Waals surface area contributed by atoms with Crippen molar-refractivity contribution in [3.05, 3.63) is 46.8 Å². The highest BCUT2D eigenvalue weighted by Crippen LogP contribution is 2.23. The molecule has 8 heteroatoms. The van der Waals surface area contributed by atoms with Crippen molar-refractivity contribution >= 4 is 11.9 Å². The molecule has 0 saturated carbocycles. The summed E-state index contributed by atoms with van der Waals surface area (Å²) in [5.74, 6) is -0.182. The van der Waals surface area contributed by atoms with Gasteiger partial charge in [0.05, 0.1) is 19.2 Å². The van der Waals surface area contributed by atoms with Crippen LogP contribution in [0.5, 0.6) is 0 Å². The summed E-state index contributed by atoms with van der Waals surface area (Å²) in [5, 5.41) is 11.1. The number of likely N-dealkylation sites (tertiary alicyclic amines) is 1. The van der Waals surface area contributed by atoms with Crippen molar-refractivity contribution in [1.29, 1.82) is 0 Å². The van der Waals surface area contributed by atoms with Crippen LogP contribution >= 0.6 is 0 Å². The zero-order valence-corrected chi connectivity index (χ0v) is 15.6.